The van der Waals surface area contributed by atoms with Crippen molar-refractivity contribution in [3.63, 3.8) is 0 Å². The number of carbonyl (C=O) groups excluding carboxylic acids is 1. The van der Waals surface area contributed by atoms with Gasteiger partial charge in [0.1, 0.15) is 6.04 Å². The van der Waals surface area contributed by atoms with Crippen LogP contribution in [0.2, 0.25) is 0 Å². The fraction of sp³-hybridized carbons (Fsp3) is 0.350. The molecule has 0 aromatic heterocycles. The Kier molecular flexibility index (Phi) is 6.56. The second-order valence-electron chi connectivity index (χ2n) is 6.80. The highest BCUT2D eigenvalue weighted by molar-refractivity contribution is 7.89. The van der Waals surface area contributed by atoms with Crippen LogP contribution in [-0.4, -0.2) is 20.4 Å². The van der Waals surface area contributed by atoms with Crippen LogP contribution < -0.4 is 10.0 Å². The molecule has 0 saturated carbocycles. The van der Waals surface area contributed by atoms with Crippen molar-refractivity contribution in [1.29, 1.82) is 0 Å². The molecule has 0 heterocycles. The summed E-state index contributed by atoms with van der Waals surface area (Å²) in [6.07, 6.45) is 0. The van der Waals surface area contributed by atoms with Crippen molar-refractivity contribution in [2.75, 3.05) is 0 Å². The summed E-state index contributed by atoms with van der Waals surface area (Å²) in [5, 5.41) is 2.89. The molecule has 6 heteroatoms. The second kappa shape index (κ2) is 8.47. The molecular weight excluding hydrogens is 348 g/mol. The first-order valence-corrected chi connectivity index (χ1v) is 10.1. The van der Waals surface area contributed by atoms with Crippen molar-refractivity contribution in [1.82, 2.24) is 10.0 Å². The molecule has 0 aliphatic heterocycles. The second-order valence-corrected chi connectivity index (χ2v) is 8.51. The van der Waals surface area contributed by atoms with Crippen LogP contribution in [0, 0.1) is 12.8 Å². The van der Waals surface area contributed by atoms with Gasteiger partial charge in [-0.1, -0.05) is 61.9 Å². The number of carbonyl (C=O) groups is 1. The van der Waals surface area contributed by atoms with Crippen molar-refractivity contribution in [2.45, 2.75) is 44.7 Å². The summed E-state index contributed by atoms with van der Waals surface area (Å²) >= 11 is 0. The van der Waals surface area contributed by atoms with Crippen LogP contribution in [-0.2, 0) is 14.8 Å². The third kappa shape index (κ3) is 5.16. The van der Waals surface area contributed by atoms with E-state index in [0.29, 0.717) is 0 Å². The molecule has 2 aromatic rings. The van der Waals surface area contributed by atoms with E-state index in [1.165, 1.54) is 0 Å². The number of aryl methyl sites for hydroxylation is 1. The largest absolute Gasteiger partial charge is 0.348 e. The Bertz CT molecular complexity index is 831. The fourth-order valence-corrected chi connectivity index (χ4v) is 3.92. The molecule has 0 aliphatic carbocycles. The molecule has 0 aliphatic rings. The standard InChI is InChI=1S/C20H26N2O3S/c1-14(2)19(20(23)21-16(4)17-8-6-5-7-9-17)22-26(24,25)18-12-10-15(3)11-13-18/h5-14,16,19,22H,1-4H3,(H,21,23)/t16-,19-/m0/s1. The van der Waals surface area contributed by atoms with Crippen molar-refractivity contribution >= 4 is 15.9 Å². The Labute approximate surface area is 155 Å². The molecule has 2 rings (SSSR count). The van der Waals surface area contributed by atoms with Crippen LogP contribution in [0.3, 0.4) is 0 Å². The topological polar surface area (TPSA) is 75.3 Å². The first-order chi connectivity index (χ1) is 12.2. The van der Waals surface area contributed by atoms with Crippen molar-refractivity contribution < 1.29 is 13.2 Å². The van der Waals surface area contributed by atoms with Crippen LogP contribution in [0.15, 0.2) is 59.5 Å². The SMILES string of the molecule is Cc1ccc(S(=O)(=O)N[C@H](C(=O)N[C@@H](C)c2ccccc2)C(C)C)cc1. The predicted octanol–water partition coefficient (Wildman–Crippen LogP) is 3.18. The average molecular weight is 375 g/mol. The number of sulfonamides is 1. The van der Waals surface area contributed by atoms with Gasteiger partial charge in [-0.05, 0) is 37.5 Å². The molecule has 0 fully saturated rings. The summed E-state index contributed by atoms with van der Waals surface area (Å²) in [5.74, 6) is -0.537. The Morgan fingerprint density at radius 1 is 0.923 bits per heavy atom. The summed E-state index contributed by atoms with van der Waals surface area (Å²) in [4.78, 5) is 12.8. The lowest BCUT2D eigenvalue weighted by atomic mass is 10.0. The van der Waals surface area contributed by atoms with E-state index in [2.05, 4.69) is 10.0 Å². The van der Waals surface area contributed by atoms with Gasteiger partial charge < -0.3 is 5.32 Å². The number of hydrogen-bond acceptors (Lipinski definition) is 3. The normalized spacial score (nSPS) is 14.0. The molecule has 0 spiro atoms. The van der Waals surface area contributed by atoms with Gasteiger partial charge in [0.25, 0.3) is 0 Å². The highest BCUT2D eigenvalue weighted by Gasteiger charge is 2.29. The summed E-state index contributed by atoms with van der Waals surface area (Å²) < 4.78 is 27.8. The van der Waals surface area contributed by atoms with E-state index < -0.39 is 16.1 Å². The molecule has 0 radical (unpaired) electrons. The van der Waals surface area contributed by atoms with Crippen LogP contribution in [0.5, 0.6) is 0 Å². The van der Waals surface area contributed by atoms with Crippen molar-refractivity contribution in [3.05, 3.63) is 65.7 Å². The quantitative estimate of drug-likeness (QED) is 0.782. The Hall–Kier alpha value is -2.18. The molecule has 0 saturated heterocycles. The van der Waals surface area contributed by atoms with E-state index in [1.54, 1.807) is 24.3 Å². The Balaban J connectivity index is 2.15. The highest BCUT2D eigenvalue weighted by atomic mass is 32.2. The summed E-state index contributed by atoms with van der Waals surface area (Å²) in [6.45, 7) is 7.39. The van der Waals surface area contributed by atoms with Gasteiger partial charge in [-0.3, -0.25) is 4.79 Å². The maximum atomic E-state index is 12.7. The molecule has 0 bridgehead atoms. The lowest BCUT2D eigenvalue weighted by molar-refractivity contribution is -0.124. The minimum Gasteiger partial charge on any atom is -0.348 e. The number of hydrogen-bond donors (Lipinski definition) is 2. The molecular formula is C20H26N2O3S. The smallest absolute Gasteiger partial charge is 0.241 e. The molecule has 1 amide bonds. The molecule has 140 valence electrons. The molecule has 26 heavy (non-hydrogen) atoms. The zero-order chi connectivity index (χ0) is 19.3. The zero-order valence-electron chi connectivity index (χ0n) is 15.6. The van der Waals surface area contributed by atoms with Gasteiger partial charge in [-0.15, -0.1) is 0 Å². The maximum Gasteiger partial charge on any atom is 0.241 e. The van der Waals surface area contributed by atoms with Gasteiger partial charge in [0, 0.05) is 0 Å². The summed E-state index contributed by atoms with van der Waals surface area (Å²) in [6, 6.07) is 15.0. The fourth-order valence-electron chi connectivity index (χ4n) is 2.57. The zero-order valence-corrected chi connectivity index (χ0v) is 16.4. The molecule has 5 nitrogen and oxygen atoms in total. The van der Waals surface area contributed by atoms with Crippen molar-refractivity contribution in [3.8, 4) is 0 Å². The van der Waals surface area contributed by atoms with Crippen LogP contribution in [0.1, 0.15) is 37.9 Å². The van der Waals surface area contributed by atoms with E-state index in [9.17, 15) is 13.2 Å². The highest BCUT2D eigenvalue weighted by Crippen LogP contribution is 2.15. The first kappa shape index (κ1) is 20.1. The van der Waals surface area contributed by atoms with E-state index in [-0.39, 0.29) is 22.8 Å². The first-order valence-electron chi connectivity index (χ1n) is 8.65. The third-order valence-electron chi connectivity index (χ3n) is 4.22. The van der Waals surface area contributed by atoms with E-state index >= 15 is 0 Å². The van der Waals surface area contributed by atoms with E-state index in [4.69, 9.17) is 0 Å². The van der Waals surface area contributed by atoms with Crippen molar-refractivity contribution in [2.24, 2.45) is 5.92 Å². The van der Waals surface area contributed by atoms with Crippen LogP contribution in [0.4, 0.5) is 0 Å². The van der Waals surface area contributed by atoms with E-state index in [0.717, 1.165) is 11.1 Å². The lowest BCUT2D eigenvalue weighted by Crippen LogP contribution is -2.50. The Morgan fingerprint density at radius 2 is 1.50 bits per heavy atom. The number of benzene rings is 2. The van der Waals surface area contributed by atoms with Gasteiger partial charge in [0.15, 0.2) is 0 Å². The van der Waals surface area contributed by atoms with Crippen LogP contribution >= 0.6 is 0 Å². The monoisotopic (exact) mass is 374 g/mol. The average Bonchev–Trinajstić information content (AvgIpc) is 2.60. The van der Waals surface area contributed by atoms with Crippen LogP contribution in [0.25, 0.3) is 0 Å². The van der Waals surface area contributed by atoms with Gasteiger partial charge >= 0.3 is 0 Å². The van der Waals surface area contributed by atoms with Gasteiger partial charge in [0.05, 0.1) is 10.9 Å². The van der Waals surface area contributed by atoms with Gasteiger partial charge in [0.2, 0.25) is 15.9 Å². The Morgan fingerprint density at radius 3 is 2.04 bits per heavy atom. The van der Waals surface area contributed by atoms with E-state index in [1.807, 2.05) is 58.0 Å². The molecule has 0 unspecified atom stereocenters. The summed E-state index contributed by atoms with van der Waals surface area (Å²) in [7, 11) is -3.78. The molecule has 2 N–H and O–H groups in total. The number of rotatable bonds is 7. The maximum absolute atomic E-state index is 12.7. The van der Waals surface area contributed by atoms with Gasteiger partial charge in [-0.25, -0.2) is 8.42 Å². The third-order valence-corrected chi connectivity index (χ3v) is 5.68. The van der Waals surface area contributed by atoms with Gasteiger partial charge in [-0.2, -0.15) is 4.72 Å². The number of amides is 1. The molecule has 2 atom stereocenters. The summed E-state index contributed by atoms with van der Waals surface area (Å²) in [5.41, 5.74) is 1.93. The predicted molar refractivity (Wildman–Crippen MR) is 103 cm³/mol. The molecule has 2 aromatic carbocycles. The minimum atomic E-state index is -3.78. The number of nitrogens with one attached hydrogen (secondary N) is 2. The lowest BCUT2D eigenvalue weighted by Gasteiger charge is -2.24. The minimum absolute atomic E-state index is 0.151.